The summed E-state index contributed by atoms with van der Waals surface area (Å²) in [7, 11) is 0. The minimum absolute atomic E-state index is 0.00116. The van der Waals surface area contributed by atoms with Gasteiger partial charge in [-0.3, -0.25) is 14.9 Å². The molecule has 3 rings (SSSR count). The van der Waals surface area contributed by atoms with Crippen molar-refractivity contribution >= 4 is 11.8 Å². The van der Waals surface area contributed by atoms with E-state index in [4.69, 9.17) is 0 Å². The molecule has 0 aromatic carbocycles. The Labute approximate surface area is 76.9 Å². The van der Waals surface area contributed by atoms with Crippen molar-refractivity contribution in [3.05, 3.63) is 0 Å². The molecule has 1 saturated heterocycles. The normalized spacial score (nSPS) is 52.5. The van der Waals surface area contributed by atoms with E-state index in [1.54, 1.807) is 0 Å². The molecule has 0 aromatic rings. The minimum atomic E-state index is -0.347. The topological polar surface area (TPSA) is 46.2 Å². The largest absolute Gasteiger partial charge is 0.296 e. The van der Waals surface area contributed by atoms with E-state index in [1.165, 1.54) is 0 Å². The number of imide groups is 1. The summed E-state index contributed by atoms with van der Waals surface area (Å²) in [4.78, 5) is 23.2. The van der Waals surface area contributed by atoms with Crippen LogP contribution in [0.15, 0.2) is 0 Å². The Kier molecular flexibility index (Phi) is 1.14. The molecule has 2 aliphatic carbocycles. The van der Waals surface area contributed by atoms with E-state index in [9.17, 15) is 9.59 Å². The summed E-state index contributed by atoms with van der Waals surface area (Å²) in [6.07, 6.45) is 3.38. The van der Waals surface area contributed by atoms with E-state index in [0.29, 0.717) is 11.8 Å². The van der Waals surface area contributed by atoms with Crippen molar-refractivity contribution in [3.63, 3.8) is 0 Å². The van der Waals surface area contributed by atoms with Crippen LogP contribution in [0.4, 0.5) is 0 Å². The molecule has 3 fully saturated rings. The van der Waals surface area contributed by atoms with Crippen LogP contribution in [0.1, 0.15) is 26.2 Å². The van der Waals surface area contributed by atoms with Crippen molar-refractivity contribution in [1.29, 1.82) is 0 Å². The lowest BCUT2D eigenvalue weighted by atomic mass is 9.69. The molecule has 70 valence electrons. The fourth-order valence-corrected chi connectivity index (χ4v) is 3.74. The highest BCUT2D eigenvalue weighted by Crippen LogP contribution is 2.61. The zero-order valence-corrected chi connectivity index (χ0v) is 7.67. The smallest absolute Gasteiger partial charge is 0.233 e. The molecule has 2 saturated carbocycles. The quantitative estimate of drug-likeness (QED) is 0.556. The zero-order chi connectivity index (χ0) is 9.22. The first-order chi connectivity index (χ1) is 6.14. The highest BCUT2D eigenvalue weighted by atomic mass is 16.2. The van der Waals surface area contributed by atoms with Gasteiger partial charge in [-0.05, 0) is 38.0 Å². The van der Waals surface area contributed by atoms with Crippen LogP contribution < -0.4 is 5.32 Å². The Balaban J connectivity index is 2.12. The maximum absolute atomic E-state index is 11.6. The van der Waals surface area contributed by atoms with Crippen LogP contribution in [-0.2, 0) is 9.59 Å². The maximum atomic E-state index is 11.6. The van der Waals surface area contributed by atoms with Gasteiger partial charge in [0.25, 0.3) is 0 Å². The molecular weight excluding hydrogens is 166 g/mol. The maximum Gasteiger partial charge on any atom is 0.233 e. The van der Waals surface area contributed by atoms with Crippen LogP contribution in [-0.4, -0.2) is 11.8 Å². The fourth-order valence-electron chi connectivity index (χ4n) is 3.74. The number of fused-ring (bicyclic) bond motifs is 5. The van der Waals surface area contributed by atoms with Crippen LogP contribution in [0.5, 0.6) is 0 Å². The van der Waals surface area contributed by atoms with Gasteiger partial charge in [-0.1, -0.05) is 0 Å². The summed E-state index contributed by atoms with van der Waals surface area (Å²) in [6, 6.07) is 0. The van der Waals surface area contributed by atoms with E-state index >= 15 is 0 Å². The summed E-state index contributed by atoms with van der Waals surface area (Å²) in [5.41, 5.74) is -0.347. The van der Waals surface area contributed by atoms with E-state index in [2.05, 4.69) is 5.32 Å². The number of hydrogen-bond donors (Lipinski definition) is 1. The third-order valence-electron chi connectivity index (χ3n) is 4.45. The number of nitrogens with one attached hydrogen (secondary N) is 1. The molecule has 1 heterocycles. The Hall–Kier alpha value is -0.860. The molecule has 3 aliphatic rings. The fraction of sp³-hybridized carbons (Fsp3) is 0.800. The second-order valence-corrected chi connectivity index (χ2v) is 4.85. The van der Waals surface area contributed by atoms with Crippen LogP contribution in [0.3, 0.4) is 0 Å². The zero-order valence-electron chi connectivity index (χ0n) is 7.67. The van der Waals surface area contributed by atoms with Crippen LogP contribution in [0.25, 0.3) is 0 Å². The van der Waals surface area contributed by atoms with Gasteiger partial charge in [0, 0.05) is 0 Å². The molecule has 0 radical (unpaired) electrons. The number of carbonyl (C=O) groups excluding carboxylic acids is 2. The van der Waals surface area contributed by atoms with Crippen molar-refractivity contribution in [2.24, 2.45) is 23.2 Å². The molecule has 4 unspecified atom stereocenters. The van der Waals surface area contributed by atoms with Crippen molar-refractivity contribution in [3.8, 4) is 0 Å². The first-order valence-corrected chi connectivity index (χ1v) is 4.99. The average Bonchev–Trinajstić information content (AvgIpc) is 2.66. The number of carbonyl (C=O) groups is 2. The third kappa shape index (κ3) is 0.640. The molecular formula is C10H13NO2. The number of hydrogen-bond acceptors (Lipinski definition) is 2. The highest BCUT2D eigenvalue weighted by molar-refractivity contribution is 6.08. The molecule has 1 aliphatic heterocycles. The standard InChI is InChI=1S/C10H13NO2/c1-10-6-3-2-5(4-6)7(10)8(12)11-9(10)13/h5-7H,2-4H2,1H3,(H,11,12,13). The van der Waals surface area contributed by atoms with Gasteiger partial charge in [0.2, 0.25) is 11.8 Å². The molecule has 4 atom stereocenters. The predicted molar refractivity (Wildman–Crippen MR) is 45.6 cm³/mol. The van der Waals surface area contributed by atoms with Crippen LogP contribution in [0, 0.1) is 23.2 Å². The van der Waals surface area contributed by atoms with Crippen molar-refractivity contribution in [2.75, 3.05) is 0 Å². The van der Waals surface area contributed by atoms with Gasteiger partial charge >= 0.3 is 0 Å². The molecule has 2 bridgehead atoms. The van der Waals surface area contributed by atoms with Crippen LogP contribution >= 0.6 is 0 Å². The number of amides is 2. The summed E-state index contributed by atoms with van der Waals surface area (Å²) in [5, 5.41) is 2.48. The first kappa shape index (κ1) is 7.54. The Bertz CT molecular complexity index is 312. The SMILES string of the molecule is CC12C(=O)NC(=O)C1C1CCC2C1. The van der Waals surface area contributed by atoms with E-state index < -0.39 is 0 Å². The molecule has 0 aromatic heterocycles. The Morgan fingerprint density at radius 2 is 2.15 bits per heavy atom. The second-order valence-electron chi connectivity index (χ2n) is 4.85. The van der Waals surface area contributed by atoms with Gasteiger partial charge < -0.3 is 0 Å². The summed E-state index contributed by atoms with van der Waals surface area (Å²) in [5.74, 6) is 0.920. The van der Waals surface area contributed by atoms with E-state index in [1.807, 2.05) is 6.92 Å². The monoisotopic (exact) mass is 179 g/mol. The van der Waals surface area contributed by atoms with Gasteiger partial charge in [0.1, 0.15) is 0 Å². The Morgan fingerprint density at radius 1 is 1.38 bits per heavy atom. The van der Waals surface area contributed by atoms with Gasteiger partial charge in [-0.2, -0.15) is 0 Å². The van der Waals surface area contributed by atoms with E-state index in [-0.39, 0.29) is 23.1 Å². The third-order valence-corrected chi connectivity index (χ3v) is 4.45. The molecule has 13 heavy (non-hydrogen) atoms. The number of rotatable bonds is 0. The van der Waals surface area contributed by atoms with Crippen molar-refractivity contribution in [2.45, 2.75) is 26.2 Å². The molecule has 2 amide bonds. The van der Waals surface area contributed by atoms with Gasteiger partial charge in [0.05, 0.1) is 11.3 Å². The molecule has 0 spiro atoms. The van der Waals surface area contributed by atoms with E-state index in [0.717, 1.165) is 19.3 Å². The summed E-state index contributed by atoms with van der Waals surface area (Å²) >= 11 is 0. The van der Waals surface area contributed by atoms with Crippen molar-refractivity contribution < 1.29 is 9.59 Å². The minimum Gasteiger partial charge on any atom is -0.296 e. The van der Waals surface area contributed by atoms with Gasteiger partial charge in [-0.15, -0.1) is 0 Å². The second kappa shape index (κ2) is 1.97. The average molecular weight is 179 g/mol. The lowest BCUT2D eigenvalue weighted by molar-refractivity contribution is -0.130. The highest BCUT2D eigenvalue weighted by Gasteiger charge is 2.65. The van der Waals surface area contributed by atoms with Gasteiger partial charge in [-0.25, -0.2) is 0 Å². The Morgan fingerprint density at radius 3 is 2.85 bits per heavy atom. The van der Waals surface area contributed by atoms with Gasteiger partial charge in [0.15, 0.2) is 0 Å². The van der Waals surface area contributed by atoms with Crippen molar-refractivity contribution in [1.82, 2.24) is 5.32 Å². The summed E-state index contributed by atoms with van der Waals surface area (Å²) < 4.78 is 0. The first-order valence-electron chi connectivity index (χ1n) is 4.99. The lowest BCUT2D eigenvalue weighted by Gasteiger charge is -2.30. The van der Waals surface area contributed by atoms with Crippen LogP contribution in [0.2, 0.25) is 0 Å². The lowest BCUT2D eigenvalue weighted by Crippen LogP contribution is -2.37. The predicted octanol–water partition coefficient (Wildman–Crippen LogP) is 0.695. The summed E-state index contributed by atoms with van der Waals surface area (Å²) in [6.45, 7) is 1.97. The molecule has 1 N–H and O–H groups in total. The molecule has 3 heteroatoms. The molecule has 3 nitrogen and oxygen atoms in total.